The Morgan fingerprint density at radius 3 is 2.20 bits per heavy atom. The number of phenols is 1. The molecular formula is C48H84N4O11S. The minimum atomic E-state index is -1.83. The first kappa shape index (κ1) is 54.4. The quantitative estimate of drug-likeness (QED) is 0.0886. The maximum Gasteiger partial charge on any atom is 0.309 e. The van der Waals surface area contributed by atoms with E-state index in [1.807, 2.05) is 67.5 Å². The molecule has 3 aliphatic heterocycles. The molecule has 3 unspecified atom stereocenters. The second kappa shape index (κ2) is 22.7. The molecule has 64 heavy (non-hydrogen) atoms. The molecule has 0 radical (unpaired) electrons. The summed E-state index contributed by atoms with van der Waals surface area (Å²) in [7, 11) is 5.47. The number of carbonyl (C=O) groups excluding carboxylic acids is 1. The van der Waals surface area contributed by atoms with E-state index in [-0.39, 0.29) is 54.9 Å². The van der Waals surface area contributed by atoms with Crippen molar-refractivity contribution in [1.29, 1.82) is 0 Å². The van der Waals surface area contributed by atoms with Crippen LogP contribution in [0.3, 0.4) is 0 Å². The van der Waals surface area contributed by atoms with Crippen LogP contribution in [0.5, 0.6) is 5.75 Å². The third-order valence-corrected chi connectivity index (χ3v) is 15.6. The summed E-state index contributed by atoms with van der Waals surface area (Å²) in [6.07, 6.45) is -4.06. The van der Waals surface area contributed by atoms with Crippen molar-refractivity contribution in [3.05, 3.63) is 24.3 Å². The van der Waals surface area contributed by atoms with Gasteiger partial charge in [0.25, 0.3) is 0 Å². The molecule has 0 spiro atoms. The Balaban J connectivity index is 1.82. The van der Waals surface area contributed by atoms with Crippen LogP contribution >= 0.6 is 12.2 Å². The first-order valence-electron chi connectivity index (χ1n) is 23.6. The number of esters is 1. The number of aromatic hydroxyl groups is 1. The van der Waals surface area contributed by atoms with Crippen molar-refractivity contribution in [3.8, 4) is 5.75 Å². The number of carbonyl (C=O) groups is 1. The van der Waals surface area contributed by atoms with Gasteiger partial charge in [0, 0.05) is 57.4 Å². The number of aliphatic hydroxyl groups excluding tert-OH is 3. The van der Waals surface area contributed by atoms with Gasteiger partial charge < -0.3 is 65.1 Å². The van der Waals surface area contributed by atoms with Gasteiger partial charge >= 0.3 is 5.97 Å². The van der Waals surface area contributed by atoms with Crippen LogP contribution in [0.1, 0.15) is 108 Å². The summed E-state index contributed by atoms with van der Waals surface area (Å²) in [6, 6.07) is 5.68. The molecule has 15 nitrogen and oxygen atoms in total. The summed E-state index contributed by atoms with van der Waals surface area (Å²) in [5, 5.41) is 77.5. The SMILES string of the molecule is CC[C@@H]1OC(=O)[C@H](C)[C@H](C)[C@@H](C)[C@H](C[C@@H]2CC(C)(OC)[C@H](O)[C@H](C)O2)C(O)(C[C@@H]2O[C@H](C)C[C@H](N(C)C)[C@@H]2O)C[C@H](C)CN(CCNC(=S)Nc2ccc(O)cc2)[C@H](C)[C@@H](O)C1(C)O. The Bertz CT molecular complexity index is 1640. The van der Waals surface area contributed by atoms with Crippen molar-refractivity contribution in [2.75, 3.05) is 46.2 Å². The van der Waals surface area contributed by atoms with Crippen LogP contribution in [-0.4, -0.2) is 170 Å². The first-order valence-corrected chi connectivity index (χ1v) is 24.0. The largest absolute Gasteiger partial charge is 0.508 e. The van der Waals surface area contributed by atoms with Crippen LogP contribution in [0.4, 0.5) is 5.69 Å². The zero-order valence-electron chi connectivity index (χ0n) is 40.9. The number of anilines is 1. The number of nitrogens with one attached hydrogen (secondary N) is 2. The third-order valence-electron chi connectivity index (χ3n) is 15.4. The molecule has 368 valence electrons. The van der Waals surface area contributed by atoms with Crippen molar-refractivity contribution in [2.45, 2.75) is 185 Å². The van der Waals surface area contributed by atoms with Gasteiger partial charge in [-0.05, 0) is 135 Å². The highest BCUT2D eigenvalue weighted by atomic mass is 32.1. The number of likely N-dealkylation sites (N-methyl/N-ethyl adjacent to an activating group) is 1. The predicted octanol–water partition coefficient (Wildman–Crippen LogP) is 4.29. The summed E-state index contributed by atoms with van der Waals surface area (Å²) < 4.78 is 25.2. The van der Waals surface area contributed by atoms with E-state index < -0.39 is 83.4 Å². The summed E-state index contributed by atoms with van der Waals surface area (Å²) in [5.41, 5.74) is -3.54. The van der Waals surface area contributed by atoms with Gasteiger partial charge in [0.1, 0.15) is 29.7 Å². The number of aliphatic hydroxyl groups is 5. The van der Waals surface area contributed by atoms with Crippen LogP contribution in [0.15, 0.2) is 24.3 Å². The highest BCUT2D eigenvalue weighted by Gasteiger charge is 2.53. The lowest BCUT2D eigenvalue weighted by atomic mass is 9.63. The van der Waals surface area contributed by atoms with Gasteiger partial charge in [-0.15, -0.1) is 0 Å². The van der Waals surface area contributed by atoms with Gasteiger partial charge in [-0.25, -0.2) is 0 Å². The second-order valence-electron chi connectivity index (χ2n) is 20.5. The highest BCUT2D eigenvalue weighted by Crippen LogP contribution is 2.47. The average molecular weight is 925 g/mol. The Labute approximate surface area is 388 Å². The lowest BCUT2D eigenvalue weighted by molar-refractivity contribution is -0.226. The maximum absolute atomic E-state index is 14.2. The molecule has 3 heterocycles. The topological polar surface area (TPSA) is 206 Å². The molecule has 4 rings (SSSR count). The lowest BCUT2D eigenvalue weighted by Crippen LogP contribution is -2.60. The smallest absolute Gasteiger partial charge is 0.309 e. The molecule has 1 aromatic rings. The molecule has 0 amide bonds. The Morgan fingerprint density at radius 1 is 0.969 bits per heavy atom. The number of ether oxygens (including phenoxy) is 4. The molecule has 3 fully saturated rings. The molecule has 18 atom stereocenters. The van der Waals surface area contributed by atoms with E-state index in [0.717, 1.165) is 0 Å². The standard InChI is InChI=1S/C48H84N4O11S/c1-14-40-47(10,58)42(55)32(7)52(20-19-49-45(64)50-34-15-17-35(53)18-16-34)26-27(2)23-48(59,25-39-41(54)38(51(11)12)21-28(3)61-39)37(30(5)29(4)31(6)44(57)63-40)22-36-24-46(9,60-13)43(56)33(8)62-36/h15-18,27-33,36-43,53-56,58-59H,14,19-26H2,1-13H3,(H2,49,50,64)/t27-,28+,29+,30+,31+,32+,33-,36+,37-,38-,39-,40-,41-,42+,43+,46?,47?,48?/m0/s1. The van der Waals surface area contributed by atoms with Gasteiger partial charge in [0.2, 0.25) is 0 Å². The van der Waals surface area contributed by atoms with Crippen LogP contribution in [-0.2, 0) is 23.7 Å². The summed E-state index contributed by atoms with van der Waals surface area (Å²) in [4.78, 5) is 18.3. The lowest BCUT2D eigenvalue weighted by Gasteiger charge is -2.51. The van der Waals surface area contributed by atoms with Crippen molar-refractivity contribution < 1.29 is 54.4 Å². The van der Waals surface area contributed by atoms with E-state index in [9.17, 15) is 35.4 Å². The van der Waals surface area contributed by atoms with Crippen molar-refractivity contribution in [2.24, 2.45) is 29.6 Å². The number of thiocarbonyl (C=S) groups is 1. The third kappa shape index (κ3) is 13.1. The van der Waals surface area contributed by atoms with E-state index in [4.69, 9.17) is 31.2 Å². The number of benzene rings is 1. The minimum absolute atomic E-state index is 0.101. The molecule has 0 aliphatic carbocycles. The van der Waals surface area contributed by atoms with Crippen molar-refractivity contribution in [1.82, 2.24) is 15.1 Å². The molecule has 0 aromatic heterocycles. The summed E-state index contributed by atoms with van der Waals surface area (Å²) >= 11 is 5.61. The van der Waals surface area contributed by atoms with E-state index in [1.165, 1.54) is 6.92 Å². The second-order valence-corrected chi connectivity index (χ2v) is 20.9. The Kier molecular flexibility index (Phi) is 19.3. The fraction of sp³-hybridized carbons (Fsp3) is 0.833. The van der Waals surface area contributed by atoms with Crippen molar-refractivity contribution >= 4 is 29.0 Å². The van der Waals surface area contributed by atoms with E-state index in [2.05, 4.69) is 29.4 Å². The normalized spacial score (nSPS) is 42.3. The average Bonchev–Trinajstić information content (AvgIpc) is 3.23. The zero-order valence-corrected chi connectivity index (χ0v) is 41.7. The molecule has 3 saturated heterocycles. The van der Waals surface area contributed by atoms with Gasteiger partial charge in [-0.1, -0.05) is 34.6 Å². The highest BCUT2D eigenvalue weighted by molar-refractivity contribution is 7.80. The van der Waals surface area contributed by atoms with E-state index >= 15 is 0 Å². The number of rotatable bonds is 11. The maximum atomic E-state index is 14.2. The Hall–Kier alpha value is -2.22. The van der Waals surface area contributed by atoms with Gasteiger partial charge in [0.15, 0.2) is 5.11 Å². The van der Waals surface area contributed by atoms with Crippen LogP contribution in [0.2, 0.25) is 0 Å². The molecule has 0 bridgehead atoms. The van der Waals surface area contributed by atoms with Gasteiger partial charge in [-0.2, -0.15) is 0 Å². The molecule has 16 heteroatoms. The molecule has 1 aromatic carbocycles. The summed E-state index contributed by atoms with van der Waals surface area (Å²) in [5.74, 6) is -2.45. The molecule has 0 saturated carbocycles. The zero-order chi connectivity index (χ0) is 48.1. The number of hydrogen-bond acceptors (Lipinski definition) is 14. The van der Waals surface area contributed by atoms with Gasteiger partial charge in [-0.3, -0.25) is 9.69 Å². The first-order chi connectivity index (χ1) is 29.8. The van der Waals surface area contributed by atoms with Crippen LogP contribution < -0.4 is 10.6 Å². The number of phenolic OH excluding ortho intramolecular Hbond substituents is 1. The summed E-state index contributed by atoms with van der Waals surface area (Å²) in [6.45, 7) is 19.9. The number of hydrogen-bond donors (Lipinski definition) is 8. The van der Waals surface area contributed by atoms with Crippen LogP contribution in [0.25, 0.3) is 0 Å². The van der Waals surface area contributed by atoms with Crippen LogP contribution in [0, 0.1) is 29.6 Å². The number of methoxy groups -OCH3 is 1. The van der Waals surface area contributed by atoms with E-state index in [1.54, 1.807) is 31.4 Å². The monoisotopic (exact) mass is 925 g/mol. The van der Waals surface area contributed by atoms with Crippen molar-refractivity contribution in [3.63, 3.8) is 0 Å². The Morgan fingerprint density at radius 2 is 1.61 bits per heavy atom. The fourth-order valence-corrected chi connectivity index (χ4v) is 11.2. The fourth-order valence-electron chi connectivity index (χ4n) is 11.0. The number of cyclic esters (lactones) is 1. The molecular weight excluding hydrogens is 841 g/mol. The molecule has 3 aliphatic rings. The molecule has 8 N–H and O–H groups in total. The van der Waals surface area contributed by atoms with E-state index in [0.29, 0.717) is 49.7 Å². The van der Waals surface area contributed by atoms with Gasteiger partial charge in [0.05, 0.1) is 47.6 Å². The number of nitrogens with zero attached hydrogens (tertiary/aromatic N) is 2. The minimum Gasteiger partial charge on any atom is -0.508 e. The predicted molar refractivity (Wildman–Crippen MR) is 252 cm³/mol.